The van der Waals surface area contributed by atoms with Crippen LogP contribution in [-0.2, 0) is 6.42 Å². The van der Waals surface area contributed by atoms with E-state index in [0.717, 1.165) is 16.5 Å². The van der Waals surface area contributed by atoms with Gasteiger partial charge < -0.3 is 10.4 Å². The van der Waals surface area contributed by atoms with Crippen molar-refractivity contribution in [2.24, 2.45) is 0 Å². The SMILES string of the molecule is Cc1ncc(C(=O)O)c(NCCc2cccc(Br)c2)n1. The standard InChI is InChI=1S/C14H14BrN3O2/c1-9-17-8-12(14(19)20)13(18-9)16-6-5-10-3-2-4-11(15)7-10/h2-4,7-8H,5-6H2,1H3,(H,19,20)(H,16,17,18). The minimum atomic E-state index is -1.03. The van der Waals surface area contributed by atoms with Crippen molar-refractivity contribution in [2.75, 3.05) is 11.9 Å². The van der Waals surface area contributed by atoms with Crippen LogP contribution in [0.15, 0.2) is 34.9 Å². The highest BCUT2D eigenvalue weighted by atomic mass is 79.9. The van der Waals surface area contributed by atoms with E-state index in [1.807, 2.05) is 24.3 Å². The molecule has 6 heteroatoms. The average molecular weight is 336 g/mol. The summed E-state index contributed by atoms with van der Waals surface area (Å²) >= 11 is 3.42. The van der Waals surface area contributed by atoms with Crippen LogP contribution in [0, 0.1) is 6.92 Å². The molecule has 2 N–H and O–H groups in total. The lowest BCUT2D eigenvalue weighted by atomic mass is 10.1. The zero-order valence-corrected chi connectivity index (χ0v) is 12.5. The van der Waals surface area contributed by atoms with E-state index in [1.165, 1.54) is 6.20 Å². The first-order valence-electron chi connectivity index (χ1n) is 6.11. The second kappa shape index (κ2) is 6.47. The molecular formula is C14H14BrN3O2. The lowest BCUT2D eigenvalue weighted by Gasteiger charge is -2.09. The fourth-order valence-electron chi connectivity index (χ4n) is 1.78. The second-order valence-electron chi connectivity index (χ2n) is 4.29. The smallest absolute Gasteiger partial charge is 0.341 e. The van der Waals surface area contributed by atoms with Crippen LogP contribution < -0.4 is 5.32 Å². The molecule has 0 atom stereocenters. The topological polar surface area (TPSA) is 75.1 Å². The molecule has 104 valence electrons. The lowest BCUT2D eigenvalue weighted by molar-refractivity contribution is 0.0697. The van der Waals surface area contributed by atoms with Gasteiger partial charge in [0.05, 0.1) is 0 Å². The Morgan fingerprint density at radius 1 is 1.45 bits per heavy atom. The number of carbonyl (C=O) groups is 1. The molecule has 1 aromatic heterocycles. The number of nitrogens with zero attached hydrogens (tertiary/aromatic N) is 2. The molecule has 2 rings (SSSR count). The van der Waals surface area contributed by atoms with Crippen LogP contribution in [0.1, 0.15) is 21.7 Å². The zero-order valence-electron chi connectivity index (χ0n) is 10.9. The van der Waals surface area contributed by atoms with E-state index < -0.39 is 5.97 Å². The number of nitrogens with one attached hydrogen (secondary N) is 1. The number of anilines is 1. The van der Waals surface area contributed by atoms with Crippen LogP contribution in [-0.4, -0.2) is 27.6 Å². The van der Waals surface area contributed by atoms with Gasteiger partial charge in [-0.15, -0.1) is 0 Å². The molecule has 0 aliphatic carbocycles. The van der Waals surface area contributed by atoms with E-state index in [2.05, 4.69) is 31.2 Å². The van der Waals surface area contributed by atoms with E-state index in [9.17, 15) is 4.79 Å². The predicted octanol–water partition coefficient (Wildman–Crippen LogP) is 2.90. The third kappa shape index (κ3) is 3.77. The van der Waals surface area contributed by atoms with Crippen LogP contribution in [0.2, 0.25) is 0 Å². The average Bonchev–Trinajstić information content (AvgIpc) is 2.38. The minimum absolute atomic E-state index is 0.0878. The van der Waals surface area contributed by atoms with Gasteiger partial charge in [-0.1, -0.05) is 28.1 Å². The monoisotopic (exact) mass is 335 g/mol. The predicted molar refractivity (Wildman–Crippen MR) is 80.1 cm³/mol. The van der Waals surface area contributed by atoms with Gasteiger partial charge in [-0.3, -0.25) is 0 Å². The van der Waals surface area contributed by atoms with Gasteiger partial charge in [0, 0.05) is 17.2 Å². The van der Waals surface area contributed by atoms with Crippen molar-refractivity contribution in [1.29, 1.82) is 0 Å². The van der Waals surface area contributed by atoms with Crippen molar-refractivity contribution in [1.82, 2.24) is 9.97 Å². The Bertz CT molecular complexity index is 632. The molecule has 20 heavy (non-hydrogen) atoms. The molecule has 0 unspecified atom stereocenters. The first-order valence-corrected chi connectivity index (χ1v) is 6.91. The Morgan fingerprint density at radius 3 is 2.95 bits per heavy atom. The Kier molecular flexibility index (Phi) is 4.68. The van der Waals surface area contributed by atoms with Gasteiger partial charge in [-0.2, -0.15) is 0 Å². The molecule has 1 aromatic carbocycles. The maximum Gasteiger partial charge on any atom is 0.341 e. The van der Waals surface area contributed by atoms with Crippen LogP contribution in [0.3, 0.4) is 0 Å². The van der Waals surface area contributed by atoms with Gasteiger partial charge in [0.1, 0.15) is 17.2 Å². The van der Waals surface area contributed by atoms with Crippen LogP contribution in [0.25, 0.3) is 0 Å². The normalized spacial score (nSPS) is 10.3. The highest BCUT2D eigenvalue weighted by molar-refractivity contribution is 9.10. The van der Waals surface area contributed by atoms with Crippen molar-refractivity contribution in [3.05, 3.63) is 51.9 Å². The number of aromatic carboxylic acids is 1. The highest BCUT2D eigenvalue weighted by Crippen LogP contribution is 2.14. The van der Waals surface area contributed by atoms with Crippen molar-refractivity contribution < 1.29 is 9.90 Å². The quantitative estimate of drug-likeness (QED) is 0.878. The number of carboxylic acid groups (broad SMARTS) is 1. The molecule has 1 heterocycles. The fourth-order valence-corrected chi connectivity index (χ4v) is 2.23. The van der Waals surface area contributed by atoms with Crippen molar-refractivity contribution in [3.63, 3.8) is 0 Å². The van der Waals surface area contributed by atoms with E-state index in [-0.39, 0.29) is 5.56 Å². The zero-order chi connectivity index (χ0) is 14.5. The summed E-state index contributed by atoms with van der Waals surface area (Å²) in [6, 6.07) is 7.99. The summed E-state index contributed by atoms with van der Waals surface area (Å²) in [6.45, 7) is 2.33. The number of hydrogen-bond acceptors (Lipinski definition) is 4. The first kappa shape index (κ1) is 14.5. The fraction of sp³-hybridized carbons (Fsp3) is 0.214. The molecule has 0 saturated carbocycles. The van der Waals surface area contributed by atoms with Gasteiger partial charge >= 0.3 is 5.97 Å². The Hall–Kier alpha value is -1.95. The molecule has 0 aliphatic heterocycles. The third-order valence-electron chi connectivity index (χ3n) is 2.73. The van der Waals surface area contributed by atoms with Gasteiger partial charge in [-0.05, 0) is 31.0 Å². The number of carboxylic acids is 1. The van der Waals surface area contributed by atoms with Gasteiger partial charge in [0.15, 0.2) is 0 Å². The van der Waals surface area contributed by atoms with Crippen LogP contribution in [0.4, 0.5) is 5.82 Å². The van der Waals surface area contributed by atoms with E-state index in [4.69, 9.17) is 5.11 Å². The molecule has 2 aromatic rings. The number of rotatable bonds is 5. The Labute approximate surface area is 125 Å². The Balaban J connectivity index is 2.04. The second-order valence-corrected chi connectivity index (χ2v) is 5.21. The third-order valence-corrected chi connectivity index (χ3v) is 3.23. The number of benzene rings is 1. The van der Waals surface area contributed by atoms with E-state index in [1.54, 1.807) is 6.92 Å². The number of aryl methyl sites for hydroxylation is 1. The minimum Gasteiger partial charge on any atom is -0.477 e. The van der Waals surface area contributed by atoms with Crippen LogP contribution in [0.5, 0.6) is 0 Å². The van der Waals surface area contributed by atoms with E-state index in [0.29, 0.717) is 18.2 Å². The molecule has 0 bridgehead atoms. The summed E-state index contributed by atoms with van der Waals surface area (Å²) < 4.78 is 1.03. The first-order chi connectivity index (χ1) is 9.56. The molecule has 0 amide bonds. The number of hydrogen-bond donors (Lipinski definition) is 2. The summed E-state index contributed by atoms with van der Waals surface area (Å²) in [5.74, 6) is -0.130. The molecule has 0 fully saturated rings. The number of aromatic nitrogens is 2. The van der Waals surface area contributed by atoms with Crippen molar-refractivity contribution in [2.45, 2.75) is 13.3 Å². The number of halogens is 1. The maximum absolute atomic E-state index is 11.1. The Morgan fingerprint density at radius 2 is 2.25 bits per heavy atom. The summed E-state index contributed by atoms with van der Waals surface area (Å²) in [6.07, 6.45) is 2.10. The molecule has 0 radical (unpaired) electrons. The summed E-state index contributed by atoms with van der Waals surface area (Å²) in [7, 11) is 0. The van der Waals surface area contributed by atoms with E-state index >= 15 is 0 Å². The van der Waals surface area contributed by atoms with Gasteiger partial charge in [0.25, 0.3) is 0 Å². The summed E-state index contributed by atoms with van der Waals surface area (Å²) in [5.41, 5.74) is 1.25. The van der Waals surface area contributed by atoms with Crippen molar-refractivity contribution in [3.8, 4) is 0 Å². The summed E-state index contributed by atoms with van der Waals surface area (Å²) in [4.78, 5) is 19.1. The highest BCUT2D eigenvalue weighted by Gasteiger charge is 2.12. The molecule has 0 saturated heterocycles. The largest absolute Gasteiger partial charge is 0.477 e. The van der Waals surface area contributed by atoms with Gasteiger partial charge in [0.2, 0.25) is 0 Å². The molecular weight excluding hydrogens is 322 g/mol. The molecule has 5 nitrogen and oxygen atoms in total. The van der Waals surface area contributed by atoms with Gasteiger partial charge in [-0.25, -0.2) is 14.8 Å². The lowest BCUT2D eigenvalue weighted by Crippen LogP contribution is -2.12. The maximum atomic E-state index is 11.1. The molecule has 0 aliphatic rings. The van der Waals surface area contributed by atoms with Crippen molar-refractivity contribution >= 4 is 27.7 Å². The van der Waals surface area contributed by atoms with Crippen LogP contribution >= 0.6 is 15.9 Å². The molecule has 0 spiro atoms. The summed E-state index contributed by atoms with van der Waals surface area (Å²) in [5, 5.41) is 12.1.